The number of alkyl halides is 1. The number of halogens is 1. The minimum absolute atomic E-state index is 0.444. The lowest BCUT2D eigenvalue weighted by Gasteiger charge is -2.15. The molecule has 3 heteroatoms. The molecule has 0 spiro atoms. The third kappa shape index (κ3) is 3.02. The van der Waals surface area contributed by atoms with Crippen molar-refractivity contribution in [3.8, 4) is 0 Å². The Morgan fingerprint density at radius 2 is 2.14 bits per heavy atom. The zero-order chi connectivity index (χ0) is 5.91. The van der Waals surface area contributed by atoms with E-state index in [2.05, 4.69) is 20.8 Å². The van der Waals surface area contributed by atoms with Crippen molar-refractivity contribution in [1.82, 2.24) is 0 Å². The molecule has 0 aromatic rings. The Morgan fingerprint density at radius 1 is 1.71 bits per heavy atom. The maximum Gasteiger partial charge on any atom is 0.107 e. The SMILES string of the molecule is CC(C)(CBr)OO. The van der Waals surface area contributed by atoms with Crippen molar-refractivity contribution in [2.75, 3.05) is 5.33 Å². The molecule has 0 aliphatic rings. The molecule has 0 heterocycles. The largest absolute Gasteiger partial charge is 0.251 e. The Labute approximate surface area is 51.5 Å². The quantitative estimate of drug-likeness (QED) is 0.386. The van der Waals surface area contributed by atoms with Crippen LogP contribution in [0, 0.1) is 0 Å². The van der Waals surface area contributed by atoms with Crippen LogP contribution < -0.4 is 0 Å². The van der Waals surface area contributed by atoms with Crippen LogP contribution in [0.15, 0.2) is 0 Å². The van der Waals surface area contributed by atoms with Gasteiger partial charge in [-0.15, -0.1) is 0 Å². The summed E-state index contributed by atoms with van der Waals surface area (Å²) >= 11 is 3.15. The summed E-state index contributed by atoms with van der Waals surface area (Å²) in [6.07, 6.45) is 0. The molecule has 0 amide bonds. The van der Waals surface area contributed by atoms with Crippen LogP contribution in [0.5, 0.6) is 0 Å². The lowest BCUT2D eigenvalue weighted by molar-refractivity contribution is -0.304. The summed E-state index contributed by atoms with van der Waals surface area (Å²) < 4.78 is 0. The first-order valence-electron chi connectivity index (χ1n) is 2.01. The van der Waals surface area contributed by atoms with Gasteiger partial charge in [0.15, 0.2) is 0 Å². The average molecular weight is 169 g/mol. The van der Waals surface area contributed by atoms with Crippen LogP contribution in [0.4, 0.5) is 0 Å². The van der Waals surface area contributed by atoms with E-state index < -0.39 is 5.60 Å². The first-order valence-corrected chi connectivity index (χ1v) is 3.13. The van der Waals surface area contributed by atoms with Crippen LogP contribution >= 0.6 is 15.9 Å². The van der Waals surface area contributed by atoms with E-state index in [1.807, 2.05) is 0 Å². The van der Waals surface area contributed by atoms with Gasteiger partial charge in [0.1, 0.15) is 5.60 Å². The Bertz CT molecular complexity index is 47.7. The van der Waals surface area contributed by atoms with Crippen molar-refractivity contribution in [2.24, 2.45) is 0 Å². The molecule has 0 radical (unpaired) electrons. The molecule has 0 rings (SSSR count). The van der Waals surface area contributed by atoms with Crippen LogP contribution in [0.2, 0.25) is 0 Å². The van der Waals surface area contributed by atoms with E-state index in [1.54, 1.807) is 13.8 Å². The summed E-state index contributed by atoms with van der Waals surface area (Å²) in [7, 11) is 0. The van der Waals surface area contributed by atoms with Crippen molar-refractivity contribution in [3.63, 3.8) is 0 Å². The van der Waals surface area contributed by atoms with E-state index >= 15 is 0 Å². The van der Waals surface area contributed by atoms with Crippen LogP contribution in [-0.4, -0.2) is 16.2 Å². The fourth-order valence-corrected chi connectivity index (χ4v) is 0.127. The highest BCUT2D eigenvalue weighted by Gasteiger charge is 2.14. The Hall–Kier alpha value is 0.400. The Kier molecular flexibility index (Phi) is 2.80. The van der Waals surface area contributed by atoms with Gasteiger partial charge in [0, 0.05) is 5.33 Å². The highest BCUT2D eigenvalue weighted by atomic mass is 79.9. The molecular weight excluding hydrogens is 160 g/mol. The molecule has 0 saturated heterocycles. The molecule has 1 N–H and O–H groups in total. The van der Waals surface area contributed by atoms with Crippen molar-refractivity contribution < 1.29 is 10.1 Å². The molecule has 2 nitrogen and oxygen atoms in total. The highest BCUT2D eigenvalue weighted by molar-refractivity contribution is 9.09. The molecule has 0 aromatic heterocycles. The molecular formula is C4H9BrO2. The van der Waals surface area contributed by atoms with E-state index in [1.165, 1.54) is 0 Å². The maximum absolute atomic E-state index is 8.06. The second-order valence-electron chi connectivity index (χ2n) is 1.98. The highest BCUT2D eigenvalue weighted by Crippen LogP contribution is 2.09. The third-order valence-electron chi connectivity index (χ3n) is 0.569. The monoisotopic (exact) mass is 168 g/mol. The Morgan fingerprint density at radius 3 is 2.14 bits per heavy atom. The lowest BCUT2D eigenvalue weighted by Crippen LogP contribution is -2.23. The zero-order valence-corrected chi connectivity index (χ0v) is 6.03. The van der Waals surface area contributed by atoms with Crippen LogP contribution in [0.3, 0.4) is 0 Å². The van der Waals surface area contributed by atoms with Gasteiger partial charge < -0.3 is 0 Å². The van der Waals surface area contributed by atoms with Crippen LogP contribution in [-0.2, 0) is 4.89 Å². The third-order valence-corrected chi connectivity index (χ3v) is 1.92. The van der Waals surface area contributed by atoms with Crippen molar-refractivity contribution in [1.29, 1.82) is 0 Å². The molecule has 0 aliphatic carbocycles. The summed E-state index contributed by atoms with van der Waals surface area (Å²) in [6.45, 7) is 3.56. The Balaban J connectivity index is 3.36. The van der Waals surface area contributed by atoms with Gasteiger partial charge in [-0.25, -0.2) is 4.89 Å². The molecule has 7 heavy (non-hydrogen) atoms. The van der Waals surface area contributed by atoms with E-state index in [9.17, 15) is 0 Å². The lowest BCUT2D eigenvalue weighted by atomic mass is 10.2. The maximum atomic E-state index is 8.06. The second kappa shape index (κ2) is 2.64. The predicted molar refractivity (Wildman–Crippen MR) is 31.6 cm³/mol. The molecule has 0 fully saturated rings. The fourth-order valence-electron chi connectivity index (χ4n) is 0.0244. The van der Waals surface area contributed by atoms with Crippen LogP contribution in [0.25, 0.3) is 0 Å². The molecule has 44 valence electrons. The van der Waals surface area contributed by atoms with Gasteiger partial charge in [-0.05, 0) is 13.8 Å². The second-order valence-corrected chi connectivity index (χ2v) is 2.55. The average Bonchev–Trinajstić information content (AvgIpc) is 1.68. The van der Waals surface area contributed by atoms with E-state index in [0.717, 1.165) is 0 Å². The van der Waals surface area contributed by atoms with E-state index in [4.69, 9.17) is 5.26 Å². The number of hydrogen-bond donors (Lipinski definition) is 1. The van der Waals surface area contributed by atoms with E-state index in [0.29, 0.717) is 5.33 Å². The molecule has 0 aliphatic heterocycles. The molecule has 0 atom stereocenters. The van der Waals surface area contributed by atoms with Gasteiger partial charge in [0.05, 0.1) is 0 Å². The first-order chi connectivity index (χ1) is 3.12. The van der Waals surface area contributed by atoms with Gasteiger partial charge in [0.25, 0.3) is 0 Å². The summed E-state index contributed by atoms with van der Waals surface area (Å²) in [4.78, 5) is 4.04. The van der Waals surface area contributed by atoms with Gasteiger partial charge in [0.2, 0.25) is 0 Å². The van der Waals surface area contributed by atoms with Gasteiger partial charge in [-0.1, -0.05) is 15.9 Å². The van der Waals surface area contributed by atoms with Gasteiger partial charge >= 0.3 is 0 Å². The molecule has 0 aromatic carbocycles. The van der Waals surface area contributed by atoms with Crippen molar-refractivity contribution in [3.05, 3.63) is 0 Å². The molecule has 0 bridgehead atoms. The summed E-state index contributed by atoms with van der Waals surface area (Å²) in [5, 5.41) is 8.70. The van der Waals surface area contributed by atoms with Gasteiger partial charge in [-0.3, -0.25) is 5.26 Å². The van der Waals surface area contributed by atoms with Crippen LogP contribution in [0.1, 0.15) is 13.8 Å². The zero-order valence-electron chi connectivity index (χ0n) is 4.44. The fraction of sp³-hybridized carbons (Fsp3) is 1.00. The number of rotatable bonds is 2. The molecule has 0 unspecified atom stereocenters. The molecule has 0 saturated carbocycles. The smallest absolute Gasteiger partial charge is 0.107 e. The minimum Gasteiger partial charge on any atom is -0.251 e. The minimum atomic E-state index is -0.444. The summed E-state index contributed by atoms with van der Waals surface area (Å²) in [6, 6.07) is 0. The predicted octanol–water partition coefficient (Wildman–Crippen LogP) is 1.65. The standard InChI is InChI=1S/C4H9BrO2/c1-4(2,3-5)7-6/h6H,3H2,1-2H3. The first kappa shape index (κ1) is 7.40. The normalized spacial score (nSPS) is 12.0. The van der Waals surface area contributed by atoms with E-state index in [-0.39, 0.29) is 0 Å². The summed E-state index contributed by atoms with van der Waals surface area (Å²) in [5.74, 6) is 0. The van der Waals surface area contributed by atoms with Gasteiger partial charge in [-0.2, -0.15) is 0 Å². The van der Waals surface area contributed by atoms with Crippen molar-refractivity contribution in [2.45, 2.75) is 19.4 Å². The van der Waals surface area contributed by atoms with Crippen molar-refractivity contribution >= 4 is 15.9 Å². The number of hydrogen-bond acceptors (Lipinski definition) is 2. The topological polar surface area (TPSA) is 29.5 Å². The summed E-state index contributed by atoms with van der Waals surface area (Å²) in [5.41, 5.74) is -0.444.